The van der Waals surface area contributed by atoms with Gasteiger partial charge < -0.3 is 0 Å². The zero-order valence-electron chi connectivity index (χ0n) is 14.9. The van der Waals surface area contributed by atoms with Crippen LogP contribution < -0.4 is 5.56 Å². The zero-order chi connectivity index (χ0) is 18.3. The van der Waals surface area contributed by atoms with E-state index in [0.717, 1.165) is 40.5 Å². The molecule has 0 radical (unpaired) electrons. The highest BCUT2D eigenvalue weighted by Crippen LogP contribution is 2.36. The summed E-state index contributed by atoms with van der Waals surface area (Å²) in [5.74, 6) is 2.15. The normalized spacial score (nSPS) is 16.8. The fourth-order valence-corrected chi connectivity index (χ4v) is 5.80. The third-order valence-electron chi connectivity index (χ3n) is 4.83. The summed E-state index contributed by atoms with van der Waals surface area (Å²) in [7, 11) is 1.87. The second-order valence-corrected chi connectivity index (χ2v) is 8.75. The predicted octanol–water partition coefficient (Wildman–Crippen LogP) is 3.19. The van der Waals surface area contributed by atoms with Gasteiger partial charge >= 0.3 is 0 Å². The smallest absolute Gasteiger partial charge is 0.263 e. The predicted molar refractivity (Wildman–Crippen MR) is 106 cm³/mol. The number of fused-ring (bicyclic) bond motifs is 3. The standard InChI is InChI=1S/C18H21N5OS2/c1-4-7-23-17(24)15-12-6-5-11(2)8-13(12)26-16(15)21-18(23)25-9-14-19-10-20-22(14)3/h4,10-11H,1,5-9H2,2-3H3. The lowest BCUT2D eigenvalue weighted by molar-refractivity contribution is 0.509. The molecule has 0 aromatic carbocycles. The summed E-state index contributed by atoms with van der Waals surface area (Å²) in [6, 6.07) is 0. The van der Waals surface area contributed by atoms with Crippen molar-refractivity contribution >= 4 is 33.3 Å². The van der Waals surface area contributed by atoms with Gasteiger partial charge in [-0.15, -0.1) is 17.9 Å². The lowest BCUT2D eigenvalue weighted by atomic mass is 9.89. The van der Waals surface area contributed by atoms with Crippen molar-refractivity contribution in [1.29, 1.82) is 0 Å². The first-order valence-corrected chi connectivity index (χ1v) is 10.5. The minimum Gasteiger partial charge on any atom is -0.283 e. The molecular formula is C18H21N5OS2. The molecule has 0 saturated heterocycles. The summed E-state index contributed by atoms with van der Waals surface area (Å²) < 4.78 is 3.48. The van der Waals surface area contributed by atoms with Crippen LogP contribution in [-0.2, 0) is 32.2 Å². The van der Waals surface area contributed by atoms with Crippen LogP contribution in [0.4, 0.5) is 0 Å². The van der Waals surface area contributed by atoms with Crippen LogP contribution in [0.3, 0.4) is 0 Å². The molecule has 0 spiro atoms. The molecule has 0 amide bonds. The van der Waals surface area contributed by atoms with E-state index >= 15 is 0 Å². The Morgan fingerprint density at radius 3 is 3.08 bits per heavy atom. The molecule has 6 nitrogen and oxygen atoms in total. The molecule has 0 fully saturated rings. The number of rotatable bonds is 5. The van der Waals surface area contributed by atoms with Gasteiger partial charge in [-0.05, 0) is 30.7 Å². The number of aryl methyl sites for hydroxylation is 2. The molecule has 0 N–H and O–H groups in total. The number of hydrogen-bond acceptors (Lipinski definition) is 6. The molecule has 4 rings (SSSR count). The van der Waals surface area contributed by atoms with E-state index in [2.05, 4.69) is 23.6 Å². The van der Waals surface area contributed by atoms with E-state index < -0.39 is 0 Å². The van der Waals surface area contributed by atoms with Crippen LogP contribution in [0, 0.1) is 5.92 Å². The van der Waals surface area contributed by atoms with E-state index in [9.17, 15) is 4.79 Å². The summed E-state index contributed by atoms with van der Waals surface area (Å²) in [6.45, 7) is 6.55. The molecule has 0 saturated carbocycles. The van der Waals surface area contributed by atoms with E-state index in [4.69, 9.17) is 4.98 Å². The molecule has 136 valence electrons. The first kappa shape index (κ1) is 17.5. The summed E-state index contributed by atoms with van der Waals surface area (Å²) in [5.41, 5.74) is 1.28. The van der Waals surface area contributed by atoms with Crippen molar-refractivity contribution in [3.8, 4) is 0 Å². The van der Waals surface area contributed by atoms with Crippen LogP contribution in [0.15, 0.2) is 28.9 Å². The third-order valence-corrected chi connectivity index (χ3v) is 6.95. The maximum atomic E-state index is 13.2. The lowest BCUT2D eigenvalue weighted by Gasteiger charge is -2.17. The summed E-state index contributed by atoms with van der Waals surface area (Å²) in [5, 5.41) is 5.64. The van der Waals surface area contributed by atoms with Crippen molar-refractivity contribution in [1.82, 2.24) is 24.3 Å². The molecule has 3 heterocycles. The van der Waals surface area contributed by atoms with Crippen molar-refractivity contribution in [2.24, 2.45) is 13.0 Å². The van der Waals surface area contributed by atoms with Crippen molar-refractivity contribution < 1.29 is 0 Å². The van der Waals surface area contributed by atoms with Gasteiger partial charge in [0, 0.05) is 18.5 Å². The average molecular weight is 388 g/mol. The molecule has 1 aliphatic rings. The highest BCUT2D eigenvalue weighted by atomic mass is 32.2. The number of thiophene rings is 1. The van der Waals surface area contributed by atoms with E-state index in [1.807, 2.05) is 7.05 Å². The Bertz CT molecular complexity index is 1030. The molecule has 3 aromatic rings. The van der Waals surface area contributed by atoms with E-state index in [0.29, 0.717) is 18.2 Å². The first-order valence-electron chi connectivity index (χ1n) is 8.70. The molecule has 0 bridgehead atoms. The summed E-state index contributed by atoms with van der Waals surface area (Å²) in [4.78, 5) is 24.5. The summed E-state index contributed by atoms with van der Waals surface area (Å²) in [6.07, 6.45) is 6.47. The van der Waals surface area contributed by atoms with Gasteiger partial charge in [-0.25, -0.2) is 9.97 Å². The maximum Gasteiger partial charge on any atom is 0.263 e. The number of thioether (sulfide) groups is 1. The largest absolute Gasteiger partial charge is 0.283 e. The van der Waals surface area contributed by atoms with Crippen LogP contribution in [0.1, 0.15) is 29.6 Å². The number of hydrogen-bond donors (Lipinski definition) is 0. The zero-order valence-corrected chi connectivity index (χ0v) is 16.6. The van der Waals surface area contributed by atoms with Gasteiger partial charge in [0.2, 0.25) is 0 Å². The molecule has 1 aliphatic carbocycles. The van der Waals surface area contributed by atoms with Crippen molar-refractivity contribution in [2.45, 2.75) is 43.6 Å². The van der Waals surface area contributed by atoms with Crippen molar-refractivity contribution in [2.75, 3.05) is 0 Å². The van der Waals surface area contributed by atoms with Gasteiger partial charge in [-0.2, -0.15) is 5.10 Å². The Labute approximate surface area is 160 Å². The van der Waals surface area contributed by atoms with Crippen LogP contribution in [0.5, 0.6) is 0 Å². The number of aromatic nitrogens is 5. The monoisotopic (exact) mass is 387 g/mol. The van der Waals surface area contributed by atoms with E-state index in [-0.39, 0.29) is 5.56 Å². The van der Waals surface area contributed by atoms with Crippen LogP contribution >= 0.6 is 23.1 Å². The highest BCUT2D eigenvalue weighted by Gasteiger charge is 2.24. The lowest BCUT2D eigenvalue weighted by Crippen LogP contribution is -2.23. The number of allylic oxidation sites excluding steroid dienone is 1. The minimum absolute atomic E-state index is 0.0578. The Balaban J connectivity index is 1.79. The molecule has 1 atom stereocenters. The van der Waals surface area contributed by atoms with Crippen LogP contribution in [0.25, 0.3) is 10.2 Å². The average Bonchev–Trinajstić information content (AvgIpc) is 3.18. The highest BCUT2D eigenvalue weighted by molar-refractivity contribution is 7.98. The number of nitrogens with zero attached hydrogens (tertiary/aromatic N) is 5. The molecule has 26 heavy (non-hydrogen) atoms. The van der Waals surface area contributed by atoms with Gasteiger partial charge in [0.25, 0.3) is 5.56 Å². The maximum absolute atomic E-state index is 13.2. The fourth-order valence-electron chi connectivity index (χ4n) is 3.38. The van der Waals surface area contributed by atoms with Gasteiger partial charge in [0.05, 0.1) is 11.1 Å². The Kier molecular flexibility index (Phi) is 4.71. The second-order valence-electron chi connectivity index (χ2n) is 6.72. The Hall–Kier alpha value is -1.93. The van der Waals surface area contributed by atoms with Crippen molar-refractivity contribution in [3.05, 3.63) is 45.6 Å². The third kappa shape index (κ3) is 3.01. The Morgan fingerprint density at radius 2 is 2.35 bits per heavy atom. The molecular weight excluding hydrogens is 366 g/mol. The van der Waals surface area contributed by atoms with E-state index in [1.165, 1.54) is 28.5 Å². The SMILES string of the molecule is C=CCn1c(SCc2ncnn2C)nc2sc3c(c2c1=O)CCC(C)C3. The van der Waals surface area contributed by atoms with Gasteiger partial charge in [-0.1, -0.05) is 24.8 Å². The van der Waals surface area contributed by atoms with Gasteiger partial charge in [0.15, 0.2) is 5.16 Å². The van der Waals surface area contributed by atoms with Crippen LogP contribution in [-0.4, -0.2) is 24.3 Å². The Morgan fingerprint density at radius 1 is 1.50 bits per heavy atom. The van der Waals surface area contributed by atoms with Crippen LogP contribution in [0.2, 0.25) is 0 Å². The van der Waals surface area contributed by atoms with E-state index in [1.54, 1.807) is 26.7 Å². The molecule has 0 aliphatic heterocycles. The topological polar surface area (TPSA) is 65.6 Å². The molecule has 1 unspecified atom stereocenters. The summed E-state index contributed by atoms with van der Waals surface area (Å²) >= 11 is 3.21. The van der Waals surface area contributed by atoms with Crippen molar-refractivity contribution in [3.63, 3.8) is 0 Å². The quantitative estimate of drug-likeness (QED) is 0.382. The molecule has 8 heteroatoms. The van der Waals surface area contributed by atoms with Gasteiger partial charge in [-0.3, -0.25) is 14.0 Å². The first-order chi connectivity index (χ1) is 12.6. The fraction of sp³-hybridized carbons (Fsp3) is 0.444. The second kappa shape index (κ2) is 7.00. The minimum atomic E-state index is 0.0578. The van der Waals surface area contributed by atoms with Gasteiger partial charge in [0.1, 0.15) is 17.0 Å². The molecule has 3 aromatic heterocycles.